The Hall–Kier alpha value is -3.64. The average Bonchev–Trinajstić information content (AvgIpc) is 2.83. The molecule has 3 rings (SSSR count). The highest BCUT2D eigenvalue weighted by atomic mass is 35.5. The normalized spacial score (nSPS) is 12.5. The second kappa shape index (κ2) is 11.3. The van der Waals surface area contributed by atoms with Gasteiger partial charge < -0.3 is 15.4 Å². The molecule has 0 aliphatic rings. The van der Waals surface area contributed by atoms with Crippen molar-refractivity contribution < 1.29 is 19.1 Å². The van der Waals surface area contributed by atoms with Crippen molar-refractivity contribution in [2.75, 3.05) is 0 Å². The van der Waals surface area contributed by atoms with Crippen LogP contribution in [0.5, 0.6) is 0 Å². The zero-order chi connectivity index (χ0) is 23.8. The number of nitrogens with one attached hydrogen (secondary N) is 2. The van der Waals surface area contributed by atoms with Crippen LogP contribution < -0.4 is 10.6 Å². The predicted octanol–water partition coefficient (Wildman–Crippen LogP) is 4.30. The zero-order valence-electron chi connectivity index (χ0n) is 18.3. The first-order valence-electron chi connectivity index (χ1n) is 10.5. The fourth-order valence-corrected chi connectivity index (χ4v) is 3.44. The van der Waals surface area contributed by atoms with E-state index in [2.05, 4.69) is 10.6 Å². The summed E-state index contributed by atoms with van der Waals surface area (Å²) in [6, 6.07) is 24.2. The van der Waals surface area contributed by atoms with E-state index in [0.29, 0.717) is 0 Å². The lowest BCUT2D eigenvalue weighted by Crippen LogP contribution is -2.44. The van der Waals surface area contributed by atoms with Gasteiger partial charge in [-0.25, -0.2) is 4.79 Å². The summed E-state index contributed by atoms with van der Waals surface area (Å²) in [4.78, 5) is 37.7. The Labute approximate surface area is 197 Å². The van der Waals surface area contributed by atoms with Crippen molar-refractivity contribution in [3.05, 3.63) is 107 Å². The molecule has 3 aromatic carbocycles. The minimum absolute atomic E-state index is 0.248. The van der Waals surface area contributed by atoms with Gasteiger partial charge in [-0.2, -0.15) is 0 Å². The van der Waals surface area contributed by atoms with Gasteiger partial charge in [0.2, 0.25) is 0 Å². The highest BCUT2D eigenvalue weighted by Crippen LogP contribution is 2.22. The van der Waals surface area contributed by atoms with Crippen molar-refractivity contribution in [1.29, 1.82) is 0 Å². The molecule has 0 spiro atoms. The maximum atomic E-state index is 12.9. The molecule has 0 bridgehead atoms. The highest BCUT2D eigenvalue weighted by molar-refractivity contribution is 6.33. The van der Waals surface area contributed by atoms with E-state index in [1.54, 1.807) is 24.3 Å². The molecule has 0 fully saturated rings. The summed E-state index contributed by atoms with van der Waals surface area (Å²) in [5.41, 5.74) is 2.05. The molecule has 0 unspecified atom stereocenters. The fraction of sp³-hybridized carbons (Fsp3) is 0.192. The van der Waals surface area contributed by atoms with Crippen LogP contribution in [0, 0.1) is 0 Å². The number of esters is 1. The lowest BCUT2D eigenvalue weighted by molar-refractivity contribution is -0.156. The molecule has 2 N–H and O–H groups in total. The van der Waals surface area contributed by atoms with Crippen molar-refractivity contribution in [2.45, 2.75) is 32.0 Å². The van der Waals surface area contributed by atoms with Crippen LogP contribution in [-0.2, 0) is 14.3 Å². The standard InChI is InChI=1S/C26H25ClN2O4/c1-17(28-25(31)21-15-9-10-16-22(21)27)26(32)33-18(2)24(30)29-23(19-11-5-3-6-12-19)20-13-7-4-8-14-20/h3-18,23H,1-2H3,(H,28,31)(H,29,30)/t17-,18-/m0/s1. The summed E-state index contributed by atoms with van der Waals surface area (Å²) in [7, 11) is 0. The molecule has 3 aromatic rings. The Kier molecular flexibility index (Phi) is 8.22. The molecule has 0 saturated carbocycles. The van der Waals surface area contributed by atoms with Crippen LogP contribution in [-0.4, -0.2) is 29.9 Å². The number of carbonyl (C=O) groups excluding carboxylic acids is 3. The monoisotopic (exact) mass is 464 g/mol. The molecule has 0 heterocycles. The van der Waals surface area contributed by atoms with Crippen LogP contribution in [0.25, 0.3) is 0 Å². The van der Waals surface area contributed by atoms with Gasteiger partial charge in [0.05, 0.1) is 16.6 Å². The predicted molar refractivity (Wildman–Crippen MR) is 127 cm³/mol. The average molecular weight is 465 g/mol. The molecular weight excluding hydrogens is 440 g/mol. The quantitative estimate of drug-likeness (QED) is 0.487. The van der Waals surface area contributed by atoms with E-state index in [1.807, 2.05) is 60.7 Å². The number of hydrogen-bond donors (Lipinski definition) is 2. The number of halogens is 1. The molecule has 0 aromatic heterocycles. The first-order valence-corrected chi connectivity index (χ1v) is 10.9. The number of hydrogen-bond acceptors (Lipinski definition) is 4. The Bertz CT molecular complexity index is 1070. The van der Waals surface area contributed by atoms with E-state index >= 15 is 0 Å². The third-order valence-corrected chi connectivity index (χ3v) is 5.36. The number of rotatable bonds is 8. The number of amides is 2. The smallest absolute Gasteiger partial charge is 0.329 e. The summed E-state index contributed by atoms with van der Waals surface area (Å²) >= 11 is 6.03. The van der Waals surface area contributed by atoms with Crippen molar-refractivity contribution in [2.24, 2.45) is 0 Å². The van der Waals surface area contributed by atoms with Crippen molar-refractivity contribution in [3.8, 4) is 0 Å². The summed E-state index contributed by atoms with van der Waals surface area (Å²) in [5, 5.41) is 5.76. The van der Waals surface area contributed by atoms with E-state index < -0.39 is 36.0 Å². The molecule has 0 aliphatic carbocycles. The third kappa shape index (κ3) is 6.43. The molecule has 7 heteroatoms. The second-order valence-electron chi connectivity index (χ2n) is 7.52. The van der Waals surface area contributed by atoms with E-state index in [4.69, 9.17) is 16.3 Å². The second-order valence-corrected chi connectivity index (χ2v) is 7.92. The van der Waals surface area contributed by atoms with Gasteiger partial charge in [0.25, 0.3) is 11.8 Å². The van der Waals surface area contributed by atoms with E-state index in [9.17, 15) is 14.4 Å². The van der Waals surface area contributed by atoms with Crippen LogP contribution in [0.2, 0.25) is 5.02 Å². The fourth-order valence-electron chi connectivity index (χ4n) is 3.22. The number of ether oxygens (including phenoxy) is 1. The topological polar surface area (TPSA) is 84.5 Å². The minimum atomic E-state index is -1.06. The summed E-state index contributed by atoms with van der Waals surface area (Å²) in [6.07, 6.45) is -1.06. The van der Waals surface area contributed by atoms with Crippen LogP contribution in [0.4, 0.5) is 0 Å². The van der Waals surface area contributed by atoms with E-state index in [-0.39, 0.29) is 10.6 Å². The third-order valence-electron chi connectivity index (χ3n) is 5.03. The molecule has 0 saturated heterocycles. The molecule has 2 amide bonds. The lowest BCUT2D eigenvalue weighted by atomic mass is 9.98. The summed E-state index contributed by atoms with van der Waals surface area (Å²) in [5.74, 6) is -1.69. The van der Waals surface area contributed by atoms with Crippen LogP contribution >= 0.6 is 11.6 Å². The van der Waals surface area contributed by atoms with Crippen LogP contribution in [0.3, 0.4) is 0 Å². The maximum Gasteiger partial charge on any atom is 0.329 e. The molecule has 0 radical (unpaired) electrons. The molecule has 170 valence electrons. The Balaban J connectivity index is 1.63. The maximum absolute atomic E-state index is 12.9. The molecule has 2 atom stereocenters. The SMILES string of the molecule is C[C@H](NC(=O)c1ccccc1Cl)C(=O)O[C@@H](C)C(=O)NC(c1ccccc1)c1ccccc1. The summed E-state index contributed by atoms with van der Waals surface area (Å²) in [6.45, 7) is 2.97. The number of carbonyl (C=O) groups is 3. The minimum Gasteiger partial charge on any atom is -0.451 e. The van der Waals surface area contributed by atoms with Crippen molar-refractivity contribution >= 4 is 29.4 Å². The van der Waals surface area contributed by atoms with Gasteiger partial charge in [0.15, 0.2) is 6.10 Å². The highest BCUT2D eigenvalue weighted by Gasteiger charge is 2.26. The Morgan fingerprint density at radius 2 is 1.27 bits per heavy atom. The van der Waals surface area contributed by atoms with E-state index in [0.717, 1.165) is 11.1 Å². The summed E-state index contributed by atoms with van der Waals surface area (Å²) < 4.78 is 5.31. The Morgan fingerprint density at radius 3 is 1.82 bits per heavy atom. The van der Waals surface area contributed by atoms with Gasteiger partial charge in [-0.1, -0.05) is 84.4 Å². The van der Waals surface area contributed by atoms with Gasteiger partial charge >= 0.3 is 5.97 Å². The van der Waals surface area contributed by atoms with Gasteiger partial charge in [-0.3, -0.25) is 9.59 Å². The van der Waals surface area contributed by atoms with Gasteiger partial charge in [0.1, 0.15) is 6.04 Å². The van der Waals surface area contributed by atoms with Crippen molar-refractivity contribution in [3.63, 3.8) is 0 Å². The van der Waals surface area contributed by atoms with Gasteiger partial charge in [-0.15, -0.1) is 0 Å². The van der Waals surface area contributed by atoms with Crippen LogP contribution in [0.1, 0.15) is 41.4 Å². The number of benzene rings is 3. The van der Waals surface area contributed by atoms with E-state index in [1.165, 1.54) is 13.8 Å². The first kappa shape index (κ1) is 24.0. The van der Waals surface area contributed by atoms with Crippen LogP contribution in [0.15, 0.2) is 84.9 Å². The Morgan fingerprint density at radius 1 is 0.758 bits per heavy atom. The van der Waals surface area contributed by atoms with Crippen molar-refractivity contribution in [1.82, 2.24) is 10.6 Å². The molecule has 33 heavy (non-hydrogen) atoms. The van der Waals surface area contributed by atoms with Gasteiger partial charge in [0, 0.05) is 0 Å². The van der Waals surface area contributed by atoms with Gasteiger partial charge in [-0.05, 0) is 37.1 Å². The molecular formula is C26H25ClN2O4. The molecule has 0 aliphatic heterocycles. The lowest BCUT2D eigenvalue weighted by Gasteiger charge is -2.23. The molecule has 6 nitrogen and oxygen atoms in total. The first-order chi connectivity index (χ1) is 15.9. The largest absolute Gasteiger partial charge is 0.451 e. The zero-order valence-corrected chi connectivity index (χ0v) is 19.1.